The summed E-state index contributed by atoms with van der Waals surface area (Å²) < 4.78 is 16.9. The van der Waals surface area contributed by atoms with Gasteiger partial charge in [-0.2, -0.15) is 0 Å². The largest absolute Gasteiger partial charge is 0.462 e. The summed E-state index contributed by atoms with van der Waals surface area (Å²) >= 11 is 0. The van der Waals surface area contributed by atoms with Gasteiger partial charge in [0.15, 0.2) is 6.10 Å². The van der Waals surface area contributed by atoms with Crippen molar-refractivity contribution in [3.05, 3.63) is 60.8 Å². The van der Waals surface area contributed by atoms with Crippen LogP contribution in [0.25, 0.3) is 0 Å². The minimum atomic E-state index is -0.801. The lowest BCUT2D eigenvalue weighted by Crippen LogP contribution is -2.30. The molecule has 0 bridgehead atoms. The smallest absolute Gasteiger partial charge is 0.306 e. The van der Waals surface area contributed by atoms with Gasteiger partial charge < -0.3 is 14.2 Å². The van der Waals surface area contributed by atoms with Gasteiger partial charge in [0.25, 0.3) is 0 Å². The summed E-state index contributed by atoms with van der Waals surface area (Å²) in [4.78, 5) is 38.2. The molecule has 0 aromatic carbocycles. The number of allylic oxidation sites excluding steroid dienone is 10. The third-order valence-corrected chi connectivity index (χ3v) is 13.5. The molecule has 6 nitrogen and oxygen atoms in total. The van der Waals surface area contributed by atoms with Crippen LogP contribution in [0.15, 0.2) is 60.8 Å². The first-order valence-corrected chi connectivity index (χ1v) is 30.8. The van der Waals surface area contributed by atoms with Crippen LogP contribution in [0.5, 0.6) is 0 Å². The van der Waals surface area contributed by atoms with E-state index in [1.54, 1.807) is 0 Å². The van der Waals surface area contributed by atoms with Gasteiger partial charge in [-0.1, -0.05) is 300 Å². The Labute approximate surface area is 440 Å². The molecule has 0 rings (SSSR count). The molecule has 71 heavy (non-hydrogen) atoms. The van der Waals surface area contributed by atoms with Gasteiger partial charge in [0, 0.05) is 19.3 Å². The van der Waals surface area contributed by atoms with Crippen LogP contribution in [-0.4, -0.2) is 37.2 Å². The zero-order chi connectivity index (χ0) is 51.4. The van der Waals surface area contributed by atoms with Crippen molar-refractivity contribution in [3.8, 4) is 0 Å². The average molecular weight is 994 g/mol. The monoisotopic (exact) mass is 993 g/mol. The Morgan fingerprint density at radius 1 is 0.296 bits per heavy atom. The number of unbranched alkanes of at least 4 members (excludes halogenated alkanes) is 35. The molecule has 1 atom stereocenters. The highest BCUT2D eigenvalue weighted by atomic mass is 16.6. The Kier molecular flexibility index (Phi) is 57.2. The highest BCUT2D eigenvalue weighted by Crippen LogP contribution is 2.17. The molecule has 1 unspecified atom stereocenters. The summed E-state index contributed by atoms with van der Waals surface area (Å²) in [5.41, 5.74) is 0. The molecule has 0 fully saturated rings. The van der Waals surface area contributed by atoms with Gasteiger partial charge in [-0.3, -0.25) is 14.4 Å². The molecule has 0 heterocycles. The highest BCUT2D eigenvalue weighted by Gasteiger charge is 2.19. The average Bonchev–Trinajstić information content (AvgIpc) is 3.37. The van der Waals surface area contributed by atoms with Crippen LogP contribution in [0.4, 0.5) is 0 Å². The van der Waals surface area contributed by atoms with E-state index in [4.69, 9.17) is 14.2 Å². The third-order valence-electron chi connectivity index (χ3n) is 13.5. The second kappa shape index (κ2) is 59.7. The molecule has 0 N–H and O–H groups in total. The van der Waals surface area contributed by atoms with E-state index in [1.807, 2.05) is 0 Å². The SMILES string of the molecule is CC/C=C\C/C=C\C/C=C\C/C=C\C/C=C\CCCC(=O)OC(COC(=O)CCCCCCCCCCCCCCCC)COC(=O)CCCCCCCCCCCCCCCCCCCCCCCC. The lowest BCUT2D eigenvalue weighted by Gasteiger charge is -2.18. The van der Waals surface area contributed by atoms with E-state index in [1.165, 1.54) is 193 Å². The second-order valence-corrected chi connectivity index (χ2v) is 20.6. The zero-order valence-electron chi connectivity index (χ0n) is 47.2. The molecule has 0 aromatic heterocycles. The van der Waals surface area contributed by atoms with Crippen molar-refractivity contribution in [2.75, 3.05) is 13.2 Å². The second-order valence-electron chi connectivity index (χ2n) is 20.6. The van der Waals surface area contributed by atoms with E-state index in [9.17, 15) is 14.4 Å². The van der Waals surface area contributed by atoms with E-state index in [0.717, 1.165) is 77.0 Å². The molecule has 6 heteroatoms. The Balaban J connectivity index is 4.36. The maximum Gasteiger partial charge on any atom is 0.306 e. The molecule has 412 valence electrons. The van der Waals surface area contributed by atoms with Crippen molar-refractivity contribution in [2.24, 2.45) is 0 Å². The lowest BCUT2D eigenvalue weighted by atomic mass is 10.0. The van der Waals surface area contributed by atoms with Crippen LogP contribution in [0.2, 0.25) is 0 Å². The van der Waals surface area contributed by atoms with E-state index in [0.29, 0.717) is 19.3 Å². The number of carbonyl (C=O) groups excluding carboxylic acids is 3. The molecular formula is C65H116O6. The van der Waals surface area contributed by atoms with Gasteiger partial charge in [-0.25, -0.2) is 0 Å². The van der Waals surface area contributed by atoms with Crippen LogP contribution in [0, 0.1) is 0 Å². The van der Waals surface area contributed by atoms with Crippen LogP contribution < -0.4 is 0 Å². The van der Waals surface area contributed by atoms with Gasteiger partial charge in [0.2, 0.25) is 0 Å². The predicted molar refractivity (Wildman–Crippen MR) is 307 cm³/mol. The molecule has 0 aromatic rings. The Bertz CT molecular complexity index is 1280. The third kappa shape index (κ3) is 57.9. The summed E-state index contributed by atoms with van der Waals surface area (Å²) in [6.07, 6.45) is 75.2. The molecular weight excluding hydrogens is 877 g/mol. The van der Waals surface area contributed by atoms with Crippen LogP contribution in [0.1, 0.15) is 316 Å². The number of ether oxygens (including phenoxy) is 3. The number of esters is 3. The molecule has 0 aliphatic rings. The topological polar surface area (TPSA) is 78.9 Å². The van der Waals surface area contributed by atoms with E-state index < -0.39 is 6.10 Å². The normalized spacial score (nSPS) is 12.4. The number of rotatable bonds is 56. The van der Waals surface area contributed by atoms with Crippen LogP contribution in [-0.2, 0) is 28.6 Å². The molecule has 0 amide bonds. The van der Waals surface area contributed by atoms with Crippen LogP contribution in [0.3, 0.4) is 0 Å². The first-order chi connectivity index (χ1) is 35.0. The fourth-order valence-corrected chi connectivity index (χ4v) is 8.95. The van der Waals surface area contributed by atoms with Crippen molar-refractivity contribution in [1.29, 1.82) is 0 Å². The van der Waals surface area contributed by atoms with E-state index >= 15 is 0 Å². The maximum atomic E-state index is 12.8. The van der Waals surface area contributed by atoms with Gasteiger partial charge >= 0.3 is 17.9 Å². The van der Waals surface area contributed by atoms with Gasteiger partial charge in [0.05, 0.1) is 0 Å². The first-order valence-electron chi connectivity index (χ1n) is 30.8. The van der Waals surface area contributed by atoms with Gasteiger partial charge in [-0.15, -0.1) is 0 Å². The molecule has 0 aliphatic carbocycles. The molecule has 0 saturated heterocycles. The Morgan fingerprint density at radius 3 is 0.845 bits per heavy atom. The molecule has 0 spiro atoms. The molecule has 0 radical (unpaired) electrons. The number of hydrogen-bond donors (Lipinski definition) is 0. The lowest BCUT2D eigenvalue weighted by molar-refractivity contribution is -0.167. The zero-order valence-corrected chi connectivity index (χ0v) is 47.2. The first kappa shape index (κ1) is 68.1. The van der Waals surface area contributed by atoms with Crippen LogP contribution >= 0.6 is 0 Å². The molecule has 0 saturated carbocycles. The number of carbonyl (C=O) groups is 3. The summed E-state index contributed by atoms with van der Waals surface area (Å²) in [6.45, 7) is 6.53. The summed E-state index contributed by atoms with van der Waals surface area (Å²) in [7, 11) is 0. The van der Waals surface area contributed by atoms with Gasteiger partial charge in [-0.05, 0) is 57.8 Å². The van der Waals surface area contributed by atoms with Crippen molar-refractivity contribution in [1.82, 2.24) is 0 Å². The number of hydrogen-bond acceptors (Lipinski definition) is 6. The van der Waals surface area contributed by atoms with Crippen molar-refractivity contribution < 1.29 is 28.6 Å². The van der Waals surface area contributed by atoms with Crippen molar-refractivity contribution >= 4 is 17.9 Å². The van der Waals surface area contributed by atoms with E-state index in [-0.39, 0.29) is 37.5 Å². The van der Waals surface area contributed by atoms with E-state index in [2.05, 4.69) is 81.5 Å². The quantitative estimate of drug-likeness (QED) is 0.0261. The fraction of sp³-hybridized carbons (Fsp3) is 0.800. The standard InChI is InChI=1S/C65H116O6/c1-4-7-10-13-16-19-22-25-28-30-31-32-33-34-36-37-40-43-46-49-52-55-58-64(67)70-61-62(60-69-63(66)57-54-51-48-45-42-39-27-24-21-18-15-12-9-6-3)71-65(68)59-56-53-50-47-44-41-38-35-29-26-23-20-17-14-11-8-5-2/h8,11,17,20,26,29,38,41,47,50,62H,4-7,9-10,12-16,18-19,21-25,27-28,30-37,39-40,42-46,48-49,51-61H2,1-3H3/b11-8-,20-17-,29-26-,41-38-,50-47-. The minimum absolute atomic E-state index is 0.0925. The predicted octanol–water partition coefficient (Wildman–Crippen LogP) is 20.8. The van der Waals surface area contributed by atoms with Gasteiger partial charge in [0.1, 0.15) is 13.2 Å². The summed E-state index contributed by atoms with van der Waals surface area (Å²) in [6, 6.07) is 0. The fourth-order valence-electron chi connectivity index (χ4n) is 8.95. The van der Waals surface area contributed by atoms with Crippen molar-refractivity contribution in [3.63, 3.8) is 0 Å². The minimum Gasteiger partial charge on any atom is -0.462 e. The maximum absolute atomic E-state index is 12.8. The Hall–Kier alpha value is -2.89. The van der Waals surface area contributed by atoms with Crippen molar-refractivity contribution in [2.45, 2.75) is 322 Å². The molecule has 0 aliphatic heterocycles. The summed E-state index contributed by atoms with van der Waals surface area (Å²) in [5, 5.41) is 0. The Morgan fingerprint density at radius 2 is 0.549 bits per heavy atom. The summed E-state index contributed by atoms with van der Waals surface area (Å²) in [5.74, 6) is -0.933. The highest BCUT2D eigenvalue weighted by molar-refractivity contribution is 5.71.